The maximum atomic E-state index is 9.03. The fraction of sp³-hybridized carbons (Fsp3) is 1.00. The molecule has 0 atom stereocenters. The molecule has 0 heterocycles. The summed E-state index contributed by atoms with van der Waals surface area (Å²) in [6.45, 7) is 0. The monoisotopic (exact) mass is 131 g/mol. The van der Waals surface area contributed by atoms with E-state index in [4.69, 9.17) is 11.0 Å². The maximum absolute atomic E-state index is 9.03. The Labute approximate surface area is 54.8 Å². The van der Waals surface area contributed by atoms with Crippen LogP contribution >= 0.6 is 0 Å². The van der Waals surface area contributed by atoms with E-state index in [-0.39, 0.29) is 12.2 Å². The second-order valence-corrected chi connectivity index (χ2v) is 2.57. The topological polar surface area (TPSA) is 55.5 Å². The predicted molar refractivity (Wildman–Crippen MR) is 33.5 cm³/mol. The average Bonchev–Trinajstić information content (AvgIpc) is 1.90. The standard InChI is InChI=1S/C6H13NO2/c7-9-6-3-1-5(8)2-4-6/h5-6,8H,1-4,7H2. The number of hydrogen-bond acceptors (Lipinski definition) is 3. The lowest BCUT2D eigenvalue weighted by Crippen LogP contribution is -2.26. The molecule has 9 heavy (non-hydrogen) atoms. The van der Waals surface area contributed by atoms with E-state index in [1.165, 1.54) is 0 Å². The summed E-state index contributed by atoms with van der Waals surface area (Å²) in [4.78, 5) is 4.63. The van der Waals surface area contributed by atoms with Gasteiger partial charge in [0, 0.05) is 0 Å². The van der Waals surface area contributed by atoms with Crippen molar-refractivity contribution >= 4 is 0 Å². The predicted octanol–water partition coefficient (Wildman–Crippen LogP) is 0.180. The minimum Gasteiger partial charge on any atom is -0.393 e. The van der Waals surface area contributed by atoms with E-state index in [0.717, 1.165) is 25.7 Å². The van der Waals surface area contributed by atoms with Crippen molar-refractivity contribution in [3.05, 3.63) is 0 Å². The highest BCUT2D eigenvalue weighted by molar-refractivity contribution is 4.70. The van der Waals surface area contributed by atoms with E-state index in [0.29, 0.717) is 0 Å². The maximum Gasteiger partial charge on any atom is 0.0789 e. The first-order chi connectivity index (χ1) is 4.33. The van der Waals surface area contributed by atoms with E-state index >= 15 is 0 Å². The van der Waals surface area contributed by atoms with Crippen LogP contribution in [0.15, 0.2) is 0 Å². The fourth-order valence-electron chi connectivity index (χ4n) is 1.18. The minimum atomic E-state index is -0.114. The molecule has 0 amide bonds. The highest BCUT2D eigenvalue weighted by Gasteiger charge is 2.18. The van der Waals surface area contributed by atoms with Crippen molar-refractivity contribution in [2.45, 2.75) is 37.9 Å². The molecule has 3 nitrogen and oxygen atoms in total. The van der Waals surface area contributed by atoms with Gasteiger partial charge in [-0.05, 0) is 25.7 Å². The molecule has 0 aliphatic heterocycles. The van der Waals surface area contributed by atoms with Gasteiger partial charge in [-0.25, -0.2) is 5.90 Å². The van der Waals surface area contributed by atoms with E-state index in [2.05, 4.69) is 4.84 Å². The zero-order valence-electron chi connectivity index (χ0n) is 5.42. The van der Waals surface area contributed by atoms with Gasteiger partial charge < -0.3 is 9.94 Å². The third-order valence-electron chi connectivity index (χ3n) is 1.84. The molecule has 1 saturated carbocycles. The molecule has 0 aromatic rings. The molecule has 0 aromatic carbocycles. The van der Waals surface area contributed by atoms with Crippen molar-refractivity contribution in [1.29, 1.82) is 0 Å². The van der Waals surface area contributed by atoms with Crippen LogP contribution in [-0.2, 0) is 4.84 Å². The first-order valence-electron chi connectivity index (χ1n) is 3.36. The number of nitrogens with two attached hydrogens (primary N) is 1. The molecule has 54 valence electrons. The van der Waals surface area contributed by atoms with Gasteiger partial charge in [-0.1, -0.05) is 0 Å². The highest BCUT2D eigenvalue weighted by Crippen LogP contribution is 2.19. The van der Waals surface area contributed by atoms with Gasteiger partial charge in [0.05, 0.1) is 12.2 Å². The van der Waals surface area contributed by atoms with Crippen molar-refractivity contribution < 1.29 is 9.94 Å². The Morgan fingerprint density at radius 2 is 1.78 bits per heavy atom. The summed E-state index contributed by atoms with van der Waals surface area (Å²) in [5, 5.41) is 9.03. The highest BCUT2D eigenvalue weighted by atomic mass is 16.6. The van der Waals surface area contributed by atoms with Gasteiger partial charge in [-0.3, -0.25) is 0 Å². The molecule has 0 unspecified atom stereocenters. The van der Waals surface area contributed by atoms with E-state index < -0.39 is 0 Å². The molecule has 1 fully saturated rings. The molecule has 1 aliphatic rings. The van der Waals surface area contributed by atoms with E-state index in [9.17, 15) is 0 Å². The first kappa shape index (κ1) is 6.99. The zero-order chi connectivity index (χ0) is 6.69. The van der Waals surface area contributed by atoms with Crippen LogP contribution in [0.2, 0.25) is 0 Å². The quantitative estimate of drug-likeness (QED) is 0.499. The van der Waals surface area contributed by atoms with Gasteiger partial charge in [-0.15, -0.1) is 0 Å². The molecule has 1 rings (SSSR count). The van der Waals surface area contributed by atoms with Crippen LogP contribution in [0, 0.1) is 0 Å². The van der Waals surface area contributed by atoms with Gasteiger partial charge in [-0.2, -0.15) is 0 Å². The summed E-state index contributed by atoms with van der Waals surface area (Å²) in [5.41, 5.74) is 0. The molecule has 0 saturated heterocycles. The Morgan fingerprint density at radius 3 is 2.22 bits per heavy atom. The van der Waals surface area contributed by atoms with E-state index in [1.54, 1.807) is 0 Å². The van der Waals surface area contributed by atoms with Crippen LogP contribution in [0.1, 0.15) is 25.7 Å². The zero-order valence-corrected chi connectivity index (χ0v) is 5.42. The summed E-state index contributed by atoms with van der Waals surface area (Å²) in [7, 11) is 0. The first-order valence-corrected chi connectivity index (χ1v) is 3.36. The molecule has 3 heteroatoms. The number of hydrogen-bond donors (Lipinski definition) is 2. The van der Waals surface area contributed by atoms with Crippen LogP contribution in [0.5, 0.6) is 0 Å². The smallest absolute Gasteiger partial charge is 0.0789 e. The molecule has 0 aromatic heterocycles. The molecule has 3 N–H and O–H groups in total. The molecule has 0 spiro atoms. The number of aliphatic hydroxyl groups is 1. The van der Waals surface area contributed by atoms with Crippen LogP contribution in [0.4, 0.5) is 0 Å². The van der Waals surface area contributed by atoms with Crippen molar-refractivity contribution in [2.24, 2.45) is 5.90 Å². The summed E-state index contributed by atoms with van der Waals surface area (Å²) < 4.78 is 0. The lowest BCUT2D eigenvalue weighted by Gasteiger charge is -2.22. The average molecular weight is 131 g/mol. The Morgan fingerprint density at radius 1 is 1.22 bits per heavy atom. The Balaban J connectivity index is 2.18. The van der Waals surface area contributed by atoms with E-state index in [1.807, 2.05) is 0 Å². The molecular weight excluding hydrogens is 118 g/mol. The van der Waals surface area contributed by atoms with Crippen molar-refractivity contribution in [1.82, 2.24) is 0 Å². The van der Waals surface area contributed by atoms with Crippen molar-refractivity contribution in [2.75, 3.05) is 0 Å². The summed E-state index contributed by atoms with van der Waals surface area (Å²) in [6, 6.07) is 0. The van der Waals surface area contributed by atoms with Gasteiger partial charge in [0.2, 0.25) is 0 Å². The van der Waals surface area contributed by atoms with Crippen molar-refractivity contribution in [3.8, 4) is 0 Å². The molecular formula is C6H13NO2. The normalized spacial score (nSPS) is 36.7. The second-order valence-electron chi connectivity index (χ2n) is 2.57. The second kappa shape index (κ2) is 3.15. The Kier molecular flexibility index (Phi) is 2.45. The minimum absolute atomic E-state index is 0.114. The molecule has 0 bridgehead atoms. The summed E-state index contributed by atoms with van der Waals surface area (Å²) in [6.07, 6.45) is 3.55. The Bertz CT molecular complexity index is 79.1. The van der Waals surface area contributed by atoms with Crippen LogP contribution < -0.4 is 5.90 Å². The summed E-state index contributed by atoms with van der Waals surface area (Å²) in [5.74, 6) is 4.97. The van der Waals surface area contributed by atoms with Crippen LogP contribution in [0.25, 0.3) is 0 Å². The van der Waals surface area contributed by atoms with Gasteiger partial charge in [0.15, 0.2) is 0 Å². The third kappa shape index (κ3) is 1.93. The molecule has 0 radical (unpaired) electrons. The van der Waals surface area contributed by atoms with Gasteiger partial charge in [0.25, 0.3) is 0 Å². The number of aliphatic hydroxyl groups excluding tert-OH is 1. The lowest BCUT2D eigenvalue weighted by molar-refractivity contribution is -0.00405. The SMILES string of the molecule is NOC1CCC(O)CC1. The van der Waals surface area contributed by atoms with Crippen LogP contribution in [0.3, 0.4) is 0 Å². The van der Waals surface area contributed by atoms with Gasteiger partial charge in [0.1, 0.15) is 0 Å². The van der Waals surface area contributed by atoms with Gasteiger partial charge >= 0.3 is 0 Å². The van der Waals surface area contributed by atoms with Crippen molar-refractivity contribution in [3.63, 3.8) is 0 Å². The largest absolute Gasteiger partial charge is 0.393 e. The fourth-order valence-corrected chi connectivity index (χ4v) is 1.18. The van der Waals surface area contributed by atoms with Crippen LogP contribution in [-0.4, -0.2) is 17.3 Å². The summed E-state index contributed by atoms with van der Waals surface area (Å²) >= 11 is 0. The Hall–Kier alpha value is -0.120. The molecule has 1 aliphatic carbocycles. The third-order valence-corrected chi connectivity index (χ3v) is 1.84. The lowest BCUT2D eigenvalue weighted by atomic mass is 9.95. The number of rotatable bonds is 1.